The molecule has 78 valence electrons. The summed E-state index contributed by atoms with van der Waals surface area (Å²) in [5, 5.41) is 7.29. The topological polar surface area (TPSA) is 42.0 Å². The highest BCUT2D eigenvalue weighted by Crippen LogP contribution is 2.17. The van der Waals surface area contributed by atoms with Crippen molar-refractivity contribution in [1.82, 2.24) is 4.98 Å². The number of amides is 1. The fourth-order valence-corrected chi connectivity index (χ4v) is 2.50. The Morgan fingerprint density at radius 3 is 3.00 bits per heavy atom. The maximum Gasteiger partial charge on any atom is 0.267 e. The van der Waals surface area contributed by atoms with Gasteiger partial charge in [-0.05, 0) is 17.9 Å². The van der Waals surface area contributed by atoms with Crippen molar-refractivity contribution in [2.45, 2.75) is 13.3 Å². The molecule has 15 heavy (non-hydrogen) atoms. The van der Waals surface area contributed by atoms with Gasteiger partial charge in [0.2, 0.25) is 0 Å². The smallest absolute Gasteiger partial charge is 0.267 e. The molecule has 3 nitrogen and oxygen atoms in total. The Kier molecular flexibility index (Phi) is 3.13. The quantitative estimate of drug-likeness (QED) is 0.893. The van der Waals surface area contributed by atoms with Crippen LogP contribution in [0.25, 0.3) is 0 Å². The van der Waals surface area contributed by atoms with Crippen LogP contribution in [0.1, 0.15) is 22.3 Å². The van der Waals surface area contributed by atoms with Gasteiger partial charge in [-0.1, -0.05) is 13.0 Å². The molecule has 5 heteroatoms. The predicted octanol–water partition coefficient (Wildman–Crippen LogP) is 3.02. The van der Waals surface area contributed by atoms with Crippen molar-refractivity contribution in [3.8, 4) is 0 Å². The first-order chi connectivity index (χ1) is 7.29. The molecule has 1 N–H and O–H groups in total. The summed E-state index contributed by atoms with van der Waals surface area (Å²) in [7, 11) is 0. The van der Waals surface area contributed by atoms with Crippen LogP contribution in [0.2, 0.25) is 0 Å². The Morgan fingerprint density at radius 2 is 2.40 bits per heavy atom. The van der Waals surface area contributed by atoms with Crippen molar-refractivity contribution in [2.75, 3.05) is 5.32 Å². The fourth-order valence-electron chi connectivity index (χ4n) is 1.09. The van der Waals surface area contributed by atoms with Gasteiger partial charge >= 0.3 is 0 Å². The maximum absolute atomic E-state index is 11.6. The molecule has 2 aromatic rings. The molecule has 0 saturated heterocycles. The number of nitrogens with zero attached hydrogens (tertiary/aromatic N) is 1. The van der Waals surface area contributed by atoms with Crippen molar-refractivity contribution in [3.63, 3.8) is 0 Å². The van der Waals surface area contributed by atoms with Gasteiger partial charge in [-0.25, -0.2) is 4.98 Å². The number of aromatic nitrogens is 1. The van der Waals surface area contributed by atoms with Gasteiger partial charge in [0.05, 0.1) is 10.6 Å². The number of carbonyl (C=O) groups is 1. The minimum Gasteiger partial charge on any atom is -0.297 e. The first-order valence-electron chi connectivity index (χ1n) is 4.59. The van der Waals surface area contributed by atoms with Crippen LogP contribution in [0.15, 0.2) is 22.9 Å². The summed E-state index contributed by atoms with van der Waals surface area (Å²) in [6.45, 7) is 2.04. The number of thiazole rings is 1. The second kappa shape index (κ2) is 4.55. The third-order valence-electron chi connectivity index (χ3n) is 1.88. The Bertz CT molecular complexity index is 448. The molecule has 0 spiro atoms. The summed E-state index contributed by atoms with van der Waals surface area (Å²) in [5.74, 6) is -0.0815. The maximum atomic E-state index is 11.6. The zero-order valence-electron chi connectivity index (χ0n) is 8.19. The minimum absolute atomic E-state index is 0.0815. The van der Waals surface area contributed by atoms with Gasteiger partial charge in [-0.2, -0.15) is 0 Å². The average Bonchev–Trinajstić information content (AvgIpc) is 2.87. The predicted molar refractivity (Wildman–Crippen MR) is 63.8 cm³/mol. The molecule has 0 fully saturated rings. The van der Waals surface area contributed by atoms with Crippen LogP contribution in [0, 0.1) is 0 Å². The van der Waals surface area contributed by atoms with Gasteiger partial charge < -0.3 is 0 Å². The summed E-state index contributed by atoms with van der Waals surface area (Å²) in [5.41, 5.74) is 1.02. The lowest BCUT2D eigenvalue weighted by atomic mass is 10.4. The number of thiophene rings is 1. The summed E-state index contributed by atoms with van der Waals surface area (Å²) in [6.07, 6.45) is 0.894. The molecule has 0 aromatic carbocycles. The normalized spacial score (nSPS) is 10.2. The first kappa shape index (κ1) is 10.3. The Morgan fingerprint density at radius 1 is 1.53 bits per heavy atom. The highest BCUT2D eigenvalue weighted by Gasteiger charge is 2.08. The van der Waals surface area contributed by atoms with E-state index in [0.29, 0.717) is 10.0 Å². The van der Waals surface area contributed by atoms with E-state index in [1.807, 2.05) is 23.8 Å². The van der Waals surface area contributed by atoms with Crippen LogP contribution in [0.5, 0.6) is 0 Å². The van der Waals surface area contributed by atoms with Gasteiger partial charge in [0.1, 0.15) is 0 Å². The van der Waals surface area contributed by atoms with E-state index in [2.05, 4.69) is 10.3 Å². The second-order valence-corrected chi connectivity index (χ2v) is 4.73. The Hall–Kier alpha value is -1.20. The van der Waals surface area contributed by atoms with Gasteiger partial charge in [0.15, 0.2) is 5.13 Å². The lowest BCUT2D eigenvalue weighted by Crippen LogP contribution is -2.09. The Labute approximate surface area is 95.8 Å². The number of hydrogen-bond donors (Lipinski definition) is 1. The summed E-state index contributed by atoms with van der Waals surface area (Å²) in [6, 6.07) is 3.66. The van der Waals surface area contributed by atoms with Crippen molar-refractivity contribution in [1.29, 1.82) is 0 Å². The largest absolute Gasteiger partial charge is 0.297 e. The van der Waals surface area contributed by atoms with E-state index >= 15 is 0 Å². The number of hydrogen-bond acceptors (Lipinski definition) is 4. The average molecular weight is 238 g/mol. The van der Waals surface area contributed by atoms with Gasteiger partial charge in [-0.15, -0.1) is 22.7 Å². The zero-order chi connectivity index (χ0) is 10.7. The molecule has 1 amide bonds. The van der Waals surface area contributed by atoms with Crippen LogP contribution >= 0.6 is 22.7 Å². The van der Waals surface area contributed by atoms with Crippen molar-refractivity contribution < 1.29 is 4.79 Å². The standard InChI is InChI=1S/C10H10N2OS2/c1-2-7-6-15-10(11-7)12-9(13)8-4-3-5-14-8/h3-6H,2H2,1H3,(H,11,12,13). The van der Waals surface area contributed by atoms with Crippen LogP contribution in [-0.4, -0.2) is 10.9 Å². The number of carbonyl (C=O) groups excluding carboxylic acids is 1. The monoisotopic (exact) mass is 238 g/mol. The van der Waals surface area contributed by atoms with Gasteiger partial charge in [0, 0.05) is 5.38 Å². The van der Waals surface area contributed by atoms with Crippen LogP contribution < -0.4 is 5.32 Å². The number of rotatable bonds is 3. The SMILES string of the molecule is CCc1csc(NC(=O)c2cccs2)n1. The Balaban J connectivity index is 2.06. The fraction of sp³-hybridized carbons (Fsp3) is 0.200. The number of nitrogens with one attached hydrogen (secondary N) is 1. The molecule has 2 heterocycles. The van der Waals surface area contributed by atoms with Crippen LogP contribution in [0.4, 0.5) is 5.13 Å². The molecule has 0 bridgehead atoms. The van der Waals surface area contributed by atoms with E-state index in [9.17, 15) is 4.79 Å². The molecule has 2 rings (SSSR count). The second-order valence-electron chi connectivity index (χ2n) is 2.93. The molecule has 0 aliphatic heterocycles. The third kappa shape index (κ3) is 2.43. The highest BCUT2D eigenvalue weighted by molar-refractivity contribution is 7.14. The third-order valence-corrected chi connectivity index (χ3v) is 3.55. The summed E-state index contributed by atoms with van der Waals surface area (Å²) in [4.78, 5) is 16.6. The van der Waals surface area contributed by atoms with Crippen molar-refractivity contribution in [2.24, 2.45) is 0 Å². The van der Waals surface area contributed by atoms with E-state index in [-0.39, 0.29) is 5.91 Å². The zero-order valence-corrected chi connectivity index (χ0v) is 9.82. The van der Waals surface area contributed by atoms with E-state index in [1.54, 1.807) is 6.07 Å². The van der Waals surface area contributed by atoms with Crippen LogP contribution in [-0.2, 0) is 6.42 Å². The van der Waals surface area contributed by atoms with Crippen LogP contribution in [0.3, 0.4) is 0 Å². The van der Waals surface area contributed by atoms with E-state index < -0.39 is 0 Å². The molecular formula is C10H10N2OS2. The molecular weight excluding hydrogens is 228 g/mol. The lowest BCUT2D eigenvalue weighted by molar-refractivity contribution is 0.103. The summed E-state index contributed by atoms with van der Waals surface area (Å²) >= 11 is 2.89. The lowest BCUT2D eigenvalue weighted by Gasteiger charge is -1.97. The highest BCUT2D eigenvalue weighted by atomic mass is 32.1. The first-order valence-corrected chi connectivity index (χ1v) is 6.34. The van der Waals surface area contributed by atoms with Gasteiger partial charge in [-0.3, -0.25) is 10.1 Å². The molecule has 0 atom stereocenters. The molecule has 0 unspecified atom stereocenters. The minimum atomic E-state index is -0.0815. The van der Waals surface area contributed by atoms with E-state index in [1.165, 1.54) is 22.7 Å². The van der Waals surface area contributed by atoms with E-state index in [4.69, 9.17) is 0 Å². The molecule has 2 aromatic heterocycles. The molecule has 0 saturated carbocycles. The van der Waals surface area contributed by atoms with E-state index in [0.717, 1.165) is 12.1 Å². The number of anilines is 1. The summed E-state index contributed by atoms with van der Waals surface area (Å²) < 4.78 is 0. The molecule has 0 aliphatic rings. The van der Waals surface area contributed by atoms with Crippen molar-refractivity contribution >= 4 is 33.7 Å². The number of aryl methyl sites for hydroxylation is 1. The van der Waals surface area contributed by atoms with Gasteiger partial charge in [0.25, 0.3) is 5.91 Å². The van der Waals surface area contributed by atoms with Crippen molar-refractivity contribution in [3.05, 3.63) is 33.5 Å². The molecule has 0 radical (unpaired) electrons. The molecule has 0 aliphatic carbocycles.